The molecule has 0 radical (unpaired) electrons. The first kappa shape index (κ1) is 13.1. The van der Waals surface area contributed by atoms with Gasteiger partial charge in [0.25, 0.3) is 0 Å². The molecule has 2 N–H and O–H groups in total. The number of hydrogen-bond acceptors (Lipinski definition) is 4. The van der Waals surface area contributed by atoms with Crippen molar-refractivity contribution in [2.24, 2.45) is 5.92 Å². The molecule has 1 saturated heterocycles. The van der Waals surface area contributed by atoms with E-state index in [2.05, 4.69) is 20.7 Å². The highest BCUT2D eigenvalue weighted by atomic mass is 16.1. The number of rotatable bonds is 4. The lowest BCUT2D eigenvalue weighted by atomic mass is 9.99. The molecule has 0 saturated carbocycles. The van der Waals surface area contributed by atoms with Crippen LogP contribution in [0.1, 0.15) is 24.1 Å². The predicted octanol–water partition coefficient (Wildman–Crippen LogP) is 0.654. The number of amides is 1. The zero-order valence-electron chi connectivity index (χ0n) is 11.6. The smallest absolute Gasteiger partial charge is 0.220 e. The van der Waals surface area contributed by atoms with Crippen molar-refractivity contribution in [3.8, 4) is 0 Å². The Morgan fingerprint density at radius 1 is 1.55 bits per heavy atom. The number of carbonyl (C=O) groups is 1. The SMILES string of the molecule is Cc1nn2cccnc2c1CNC[C@H]1CCC(=O)NC1. The molecule has 0 bridgehead atoms. The summed E-state index contributed by atoms with van der Waals surface area (Å²) in [5.74, 6) is 0.687. The topological polar surface area (TPSA) is 71.3 Å². The minimum Gasteiger partial charge on any atom is -0.356 e. The Morgan fingerprint density at radius 2 is 2.45 bits per heavy atom. The lowest BCUT2D eigenvalue weighted by molar-refractivity contribution is -0.122. The van der Waals surface area contributed by atoms with Crippen LogP contribution in [-0.2, 0) is 11.3 Å². The first-order valence-corrected chi connectivity index (χ1v) is 7.00. The van der Waals surface area contributed by atoms with Crippen LogP contribution in [0, 0.1) is 12.8 Å². The third kappa shape index (κ3) is 2.65. The first-order chi connectivity index (χ1) is 9.74. The summed E-state index contributed by atoms with van der Waals surface area (Å²) in [7, 11) is 0. The summed E-state index contributed by atoms with van der Waals surface area (Å²) in [6.45, 7) is 4.45. The molecule has 0 aromatic carbocycles. The Kier molecular flexibility index (Phi) is 3.64. The standard InChI is InChI=1S/C14H19N5O/c1-10-12(14-16-5-2-6-19(14)18-10)9-15-7-11-3-4-13(20)17-8-11/h2,5-6,11,15H,3-4,7-9H2,1H3,(H,17,20)/t11-/m1/s1. The van der Waals surface area contributed by atoms with Gasteiger partial charge in [0.2, 0.25) is 5.91 Å². The number of nitrogens with one attached hydrogen (secondary N) is 2. The minimum absolute atomic E-state index is 0.170. The van der Waals surface area contributed by atoms with E-state index in [4.69, 9.17) is 0 Å². The van der Waals surface area contributed by atoms with Gasteiger partial charge in [-0.2, -0.15) is 5.10 Å². The number of fused-ring (bicyclic) bond motifs is 1. The summed E-state index contributed by atoms with van der Waals surface area (Å²) in [6, 6.07) is 1.88. The second-order valence-corrected chi connectivity index (χ2v) is 5.29. The van der Waals surface area contributed by atoms with Crippen LogP contribution in [0.15, 0.2) is 18.5 Å². The van der Waals surface area contributed by atoms with Crippen LogP contribution in [-0.4, -0.2) is 33.6 Å². The van der Waals surface area contributed by atoms with E-state index in [0.29, 0.717) is 12.3 Å². The third-order valence-electron chi connectivity index (χ3n) is 3.79. The Bertz CT molecular complexity index is 611. The van der Waals surface area contributed by atoms with Crippen LogP contribution < -0.4 is 10.6 Å². The van der Waals surface area contributed by atoms with Crippen molar-refractivity contribution in [1.82, 2.24) is 25.2 Å². The van der Waals surface area contributed by atoms with E-state index in [9.17, 15) is 4.79 Å². The lowest BCUT2D eigenvalue weighted by Crippen LogP contribution is -2.39. The molecule has 1 atom stereocenters. The third-order valence-corrected chi connectivity index (χ3v) is 3.79. The summed E-state index contributed by atoms with van der Waals surface area (Å²) in [5.41, 5.74) is 3.06. The monoisotopic (exact) mass is 273 g/mol. The molecule has 1 fully saturated rings. The molecule has 20 heavy (non-hydrogen) atoms. The van der Waals surface area contributed by atoms with E-state index in [0.717, 1.165) is 43.0 Å². The number of hydrogen-bond donors (Lipinski definition) is 2. The van der Waals surface area contributed by atoms with Gasteiger partial charge in [-0.1, -0.05) is 0 Å². The number of aromatic nitrogens is 3. The van der Waals surface area contributed by atoms with Crippen molar-refractivity contribution in [2.75, 3.05) is 13.1 Å². The van der Waals surface area contributed by atoms with Gasteiger partial charge in [-0.3, -0.25) is 4.79 Å². The zero-order valence-corrected chi connectivity index (χ0v) is 11.6. The van der Waals surface area contributed by atoms with Crippen LogP contribution in [0.2, 0.25) is 0 Å². The van der Waals surface area contributed by atoms with Crippen molar-refractivity contribution in [2.45, 2.75) is 26.3 Å². The highest BCUT2D eigenvalue weighted by Crippen LogP contribution is 2.13. The van der Waals surface area contributed by atoms with Crippen LogP contribution in [0.25, 0.3) is 5.65 Å². The molecule has 0 aliphatic carbocycles. The van der Waals surface area contributed by atoms with Crippen LogP contribution in [0.5, 0.6) is 0 Å². The molecule has 0 spiro atoms. The van der Waals surface area contributed by atoms with Gasteiger partial charge in [0.1, 0.15) is 0 Å². The van der Waals surface area contributed by atoms with E-state index >= 15 is 0 Å². The summed E-state index contributed by atoms with van der Waals surface area (Å²) >= 11 is 0. The van der Waals surface area contributed by atoms with Gasteiger partial charge in [-0.05, 0) is 31.9 Å². The summed E-state index contributed by atoms with van der Waals surface area (Å²) in [4.78, 5) is 15.5. The average Bonchev–Trinajstić information content (AvgIpc) is 2.77. The van der Waals surface area contributed by atoms with Crippen molar-refractivity contribution >= 4 is 11.6 Å². The molecule has 6 nitrogen and oxygen atoms in total. The van der Waals surface area contributed by atoms with Gasteiger partial charge in [-0.25, -0.2) is 9.50 Å². The minimum atomic E-state index is 0.170. The molecule has 1 amide bonds. The Balaban J connectivity index is 1.60. The summed E-state index contributed by atoms with van der Waals surface area (Å²) in [6.07, 6.45) is 5.31. The van der Waals surface area contributed by atoms with Crippen LogP contribution >= 0.6 is 0 Å². The van der Waals surface area contributed by atoms with Crippen molar-refractivity contribution in [3.05, 3.63) is 29.7 Å². The number of piperidine rings is 1. The maximum Gasteiger partial charge on any atom is 0.220 e. The van der Waals surface area contributed by atoms with Gasteiger partial charge in [0.15, 0.2) is 5.65 Å². The quantitative estimate of drug-likeness (QED) is 0.858. The molecule has 3 heterocycles. The van der Waals surface area contributed by atoms with Crippen LogP contribution in [0.4, 0.5) is 0 Å². The van der Waals surface area contributed by atoms with E-state index < -0.39 is 0 Å². The number of aryl methyl sites for hydroxylation is 1. The summed E-state index contributed by atoms with van der Waals surface area (Å²) < 4.78 is 1.81. The van der Waals surface area contributed by atoms with Crippen molar-refractivity contribution < 1.29 is 4.79 Å². The molecular weight excluding hydrogens is 254 g/mol. The molecule has 6 heteroatoms. The van der Waals surface area contributed by atoms with Gasteiger partial charge in [0, 0.05) is 37.5 Å². The average molecular weight is 273 g/mol. The fraction of sp³-hybridized carbons (Fsp3) is 0.500. The zero-order chi connectivity index (χ0) is 13.9. The second kappa shape index (κ2) is 5.58. The molecule has 0 unspecified atom stereocenters. The van der Waals surface area contributed by atoms with E-state index in [1.165, 1.54) is 0 Å². The fourth-order valence-electron chi connectivity index (χ4n) is 2.61. The Labute approximate surface area is 117 Å². The van der Waals surface area contributed by atoms with Gasteiger partial charge >= 0.3 is 0 Å². The lowest BCUT2D eigenvalue weighted by Gasteiger charge is -2.22. The first-order valence-electron chi connectivity index (χ1n) is 7.00. The highest BCUT2D eigenvalue weighted by molar-refractivity contribution is 5.76. The fourth-order valence-corrected chi connectivity index (χ4v) is 2.61. The summed E-state index contributed by atoms with van der Waals surface area (Å²) in [5, 5.41) is 10.8. The van der Waals surface area contributed by atoms with E-state index in [-0.39, 0.29) is 5.91 Å². The molecule has 106 valence electrons. The van der Waals surface area contributed by atoms with E-state index in [1.807, 2.05) is 23.7 Å². The van der Waals surface area contributed by atoms with Gasteiger partial charge < -0.3 is 10.6 Å². The maximum atomic E-state index is 11.1. The molecule has 3 rings (SSSR count). The number of carbonyl (C=O) groups excluding carboxylic acids is 1. The Hall–Kier alpha value is -1.95. The Morgan fingerprint density at radius 3 is 3.25 bits per heavy atom. The predicted molar refractivity (Wildman–Crippen MR) is 75.2 cm³/mol. The molecule has 2 aromatic rings. The van der Waals surface area contributed by atoms with Crippen molar-refractivity contribution in [3.63, 3.8) is 0 Å². The highest BCUT2D eigenvalue weighted by Gasteiger charge is 2.18. The van der Waals surface area contributed by atoms with Crippen LogP contribution in [0.3, 0.4) is 0 Å². The van der Waals surface area contributed by atoms with Crippen molar-refractivity contribution in [1.29, 1.82) is 0 Å². The molecule has 2 aromatic heterocycles. The molecule has 1 aliphatic rings. The van der Waals surface area contributed by atoms with E-state index in [1.54, 1.807) is 6.20 Å². The normalized spacial score (nSPS) is 19.2. The molecule has 1 aliphatic heterocycles. The largest absolute Gasteiger partial charge is 0.356 e. The molecular formula is C14H19N5O. The second-order valence-electron chi connectivity index (χ2n) is 5.29. The number of nitrogens with zero attached hydrogens (tertiary/aromatic N) is 3. The van der Waals surface area contributed by atoms with Gasteiger partial charge in [0.05, 0.1) is 5.69 Å². The van der Waals surface area contributed by atoms with Gasteiger partial charge in [-0.15, -0.1) is 0 Å². The maximum absolute atomic E-state index is 11.1.